The number of hydrogen-bond donors (Lipinski definition) is 0. The molecule has 1 aromatic carbocycles. The molecule has 0 spiro atoms. The fourth-order valence-corrected chi connectivity index (χ4v) is 6.15. The van der Waals surface area contributed by atoms with Crippen LogP contribution in [0.5, 0.6) is 0 Å². The second-order valence-corrected chi connectivity index (χ2v) is 9.23. The van der Waals surface area contributed by atoms with Gasteiger partial charge in [0.2, 0.25) is 0 Å². The first-order chi connectivity index (χ1) is 12.7. The van der Waals surface area contributed by atoms with Gasteiger partial charge in [0.05, 0.1) is 6.17 Å². The number of rotatable bonds is 3. The zero-order valence-electron chi connectivity index (χ0n) is 17.2. The summed E-state index contributed by atoms with van der Waals surface area (Å²) < 4.78 is 0. The Morgan fingerprint density at radius 3 is 2.04 bits per heavy atom. The molecule has 3 aliphatic rings. The van der Waals surface area contributed by atoms with Crippen molar-refractivity contribution < 1.29 is 0 Å². The van der Waals surface area contributed by atoms with E-state index in [4.69, 9.17) is 0 Å². The maximum absolute atomic E-state index is 2.99. The Morgan fingerprint density at radius 1 is 0.769 bits per heavy atom. The van der Waals surface area contributed by atoms with Gasteiger partial charge in [-0.2, -0.15) is 0 Å². The molecule has 1 heterocycles. The van der Waals surface area contributed by atoms with E-state index < -0.39 is 0 Å². The summed E-state index contributed by atoms with van der Waals surface area (Å²) in [6.07, 6.45) is 14.9. The Morgan fingerprint density at radius 2 is 1.38 bits per heavy atom. The maximum Gasteiger partial charge on any atom is 0.0858 e. The van der Waals surface area contributed by atoms with Crippen molar-refractivity contribution >= 4 is 5.69 Å². The molecule has 0 bridgehead atoms. The highest BCUT2D eigenvalue weighted by Gasteiger charge is 2.49. The summed E-state index contributed by atoms with van der Waals surface area (Å²) in [5.74, 6) is 0.845. The van der Waals surface area contributed by atoms with Crippen molar-refractivity contribution in [3.05, 3.63) is 29.8 Å². The summed E-state index contributed by atoms with van der Waals surface area (Å²) >= 11 is 0. The summed E-state index contributed by atoms with van der Waals surface area (Å²) in [5, 5.41) is 0. The molecule has 2 aliphatic carbocycles. The first kappa shape index (κ1) is 18.3. The van der Waals surface area contributed by atoms with Crippen LogP contribution in [0.4, 0.5) is 5.69 Å². The molecule has 0 amide bonds. The van der Waals surface area contributed by atoms with Crippen LogP contribution >= 0.6 is 0 Å². The van der Waals surface area contributed by atoms with E-state index in [1.54, 1.807) is 0 Å². The van der Waals surface area contributed by atoms with E-state index in [-0.39, 0.29) is 0 Å². The molecule has 4 rings (SSSR count). The Kier molecular flexibility index (Phi) is 5.59. The molecule has 2 heteroatoms. The molecule has 2 nitrogen and oxygen atoms in total. The van der Waals surface area contributed by atoms with Crippen molar-refractivity contribution in [3.63, 3.8) is 0 Å². The second-order valence-electron chi connectivity index (χ2n) is 9.23. The van der Waals surface area contributed by atoms with E-state index in [0.717, 1.165) is 12.0 Å². The van der Waals surface area contributed by atoms with E-state index >= 15 is 0 Å². The van der Waals surface area contributed by atoms with Crippen molar-refractivity contribution in [2.45, 2.75) is 109 Å². The zero-order chi connectivity index (χ0) is 18.1. The van der Waals surface area contributed by atoms with Crippen LogP contribution in [0.15, 0.2) is 24.3 Å². The Bertz CT molecular complexity index is 586. The van der Waals surface area contributed by atoms with Gasteiger partial charge in [-0.05, 0) is 64.0 Å². The smallest absolute Gasteiger partial charge is 0.0858 e. The largest absolute Gasteiger partial charge is 0.351 e. The summed E-state index contributed by atoms with van der Waals surface area (Å²) in [7, 11) is 0. The third kappa shape index (κ3) is 3.30. The molecule has 26 heavy (non-hydrogen) atoms. The molecule has 0 N–H and O–H groups in total. The number of hydrogen-bond acceptors (Lipinski definition) is 2. The van der Waals surface area contributed by atoms with E-state index in [1.807, 2.05) is 0 Å². The molecule has 2 unspecified atom stereocenters. The van der Waals surface area contributed by atoms with Crippen LogP contribution in [-0.4, -0.2) is 29.2 Å². The van der Waals surface area contributed by atoms with Crippen LogP contribution in [0.2, 0.25) is 0 Å². The SMILES string of the molecule is Cc1ccccc1N1C(C2CCCCC2)N(C2CCCCC2)C(C)[C@@H]1C. The molecule has 1 saturated heterocycles. The summed E-state index contributed by atoms with van der Waals surface area (Å²) in [5.41, 5.74) is 2.93. The fraction of sp³-hybridized carbons (Fsp3) is 0.750. The van der Waals surface area contributed by atoms with Gasteiger partial charge in [-0.25, -0.2) is 0 Å². The lowest BCUT2D eigenvalue weighted by molar-refractivity contribution is 0.0637. The van der Waals surface area contributed by atoms with Crippen molar-refractivity contribution in [1.82, 2.24) is 4.90 Å². The number of anilines is 1. The van der Waals surface area contributed by atoms with Gasteiger partial charge in [0.15, 0.2) is 0 Å². The van der Waals surface area contributed by atoms with Gasteiger partial charge in [-0.3, -0.25) is 4.90 Å². The van der Waals surface area contributed by atoms with Crippen LogP contribution in [0.25, 0.3) is 0 Å². The van der Waals surface area contributed by atoms with Crippen LogP contribution in [-0.2, 0) is 0 Å². The average Bonchev–Trinajstić information content (AvgIpc) is 2.95. The Labute approximate surface area is 161 Å². The molecule has 144 valence electrons. The first-order valence-corrected chi connectivity index (χ1v) is 11.3. The third-order valence-electron chi connectivity index (χ3n) is 7.66. The highest BCUT2D eigenvalue weighted by Crippen LogP contribution is 2.44. The minimum Gasteiger partial charge on any atom is -0.351 e. The lowest BCUT2D eigenvalue weighted by Crippen LogP contribution is -2.51. The van der Waals surface area contributed by atoms with Crippen molar-refractivity contribution in [2.24, 2.45) is 5.92 Å². The Hall–Kier alpha value is -1.02. The van der Waals surface area contributed by atoms with E-state index in [9.17, 15) is 0 Å². The van der Waals surface area contributed by atoms with E-state index in [1.165, 1.54) is 75.5 Å². The molecule has 0 radical (unpaired) electrons. The minimum atomic E-state index is 0.602. The van der Waals surface area contributed by atoms with Crippen LogP contribution < -0.4 is 4.90 Å². The standard InChI is InChI=1S/C24H38N2/c1-18-12-10-11-17-23(18)26-20(3)19(2)25(22-15-8-5-9-16-22)24(26)21-13-6-4-7-14-21/h10-12,17,19-22,24H,4-9,13-16H2,1-3H3/t19?,20-,24?/m0/s1. The normalized spacial score (nSPS) is 32.3. The number of aryl methyl sites for hydroxylation is 1. The van der Waals surface area contributed by atoms with Crippen LogP contribution in [0.1, 0.15) is 83.6 Å². The molecule has 3 fully saturated rings. The molecule has 3 atom stereocenters. The molecule has 0 aromatic heterocycles. The highest BCUT2D eigenvalue weighted by molar-refractivity contribution is 5.56. The fourth-order valence-electron chi connectivity index (χ4n) is 6.15. The average molecular weight is 355 g/mol. The second kappa shape index (κ2) is 7.92. The van der Waals surface area contributed by atoms with E-state index in [2.05, 4.69) is 54.8 Å². The third-order valence-corrected chi connectivity index (χ3v) is 7.66. The van der Waals surface area contributed by atoms with Gasteiger partial charge in [0, 0.05) is 23.8 Å². The van der Waals surface area contributed by atoms with Crippen molar-refractivity contribution in [1.29, 1.82) is 0 Å². The van der Waals surface area contributed by atoms with Gasteiger partial charge >= 0.3 is 0 Å². The van der Waals surface area contributed by atoms with E-state index in [0.29, 0.717) is 18.2 Å². The Balaban J connectivity index is 1.71. The quantitative estimate of drug-likeness (QED) is 0.644. The van der Waals surface area contributed by atoms with Crippen LogP contribution in [0, 0.1) is 12.8 Å². The highest BCUT2D eigenvalue weighted by atomic mass is 15.5. The number of para-hydroxylation sites is 1. The lowest BCUT2D eigenvalue weighted by Gasteiger charge is -2.44. The summed E-state index contributed by atoms with van der Waals surface area (Å²) in [6, 6.07) is 11.2. The number of nitrogens with zero attached hydrogens (tertiary/aromatic N) is 2. The van der Waals surface area contributed by atoms with Gasteiger partial charge in [0.1, 0.15) is 0 Å². The topological polar surface area (TPSA) is 6.48 Å². The lowest BCUT2D eigenvalue weighted by atomic mass is 9.84. The molecular formula is C24H38N2. The summed E-state index contributed by atoms with van der Waals surface area (Å²) in [6.45, 7) is 7.29. The molecule has 2 saturated carbocycles. The van der Waals surface area contributed by atoms with Crippen molar-refractivity contribution in [2.75, 3.05) is 4.90 Å². The molecular weight excluding hydrogens is 316 g/mol. The zero-order valence-corrected chi connectivity index (χ0v) is 17.2. The van der Waals surface area contributed by atoms with Crippen LogP contribution in [0.3, 0.4) is 0 Å². The molecule has 1 aromatic rings. The first-order valence-electron chi connectivity index (χ1n) is 11.3. The predicted octanol–water partition coefficient (Wildman–Crippen LogP) is 6.13. The van der Waals surface area contributed by atoms with Gasteiger partial charge in [0.25, 0.3) is 0 Å². The monoisotopic (exact) mass is 354 g/mol. The minimum absolute atomic E-state index is 0.602. The van der Waals surface area contributed by atoms with Gasteiger partial charge in [-0.1, -0.05) is 56.7 Å². The number of benzene rings is 1. The summed E-state index contributed by atoms with van der Waals surface area (Å²) in [4.78, 5) is 5.83. The predicted molar refractivity (Wildman–Crippen MR) is 112 cm³/mol. The van der Waals surface area contributed by atoms with Gasteiger partial charge < -0.3 is 4.90 Å². The maximum atomic E-state index is 2.99. The van der Waals surface area contributed by atoms with Gasteiger partial charge in [-0.15, -0.1) is 0 Å². The molecule has 1 aliphatic heterocycles. The van der Waals surface area contributed by atoms with Crippen molar-refractivity contribution in [3.8, 4) is 0 Å².